The molecule has 5 heteroatoms. The lowest BCUT2D eigenvalue weighted by molar-refractivity contribution is -0.137. The average Bonchev–Trinajstić information content (AvgIpc) is 2.60. The molecule has 0 fully saturated rings. The van der Waals surface area contributed by atoms with Gasteiger partial charge in [-0.25, -0.2) is 0 Å². The summed E-state index contributed by atoms with van der Waals surface area (Å²) in [4.78, 5) is 24.0. The number of benzene rings is 1. The minimum atomic E-state index is -0.299. The normalized spacial score (nSPS) is 10.8. The highest BCUT2D eigenvalue weighted by molar-refractivity contribution is 5.76. The van der Waals surface area contributed by atoms with Gasteiger partial charge in [-0.15, -0.1) is 0 Å². The van der Waals surface area contributed by atoms with Crippen LogP contribution >= 0.6 is 0 Å². The molecule has 0 aliphatic rings. The van der Waals surface area contributed by atoms with Crippen LogP contribution in [0.25, 0.3) is 0 Å². The highest BCUT2D eigenvalue weighted by atomic mass is 16.6. The van der Waals surface area contributed by atoms with E-state index < -0.39 is 0 Å². The van der Waals surface area contributed by atoms with Gasteiger partial charge in [-0.3, -0.25) is 9.59 Å². The molecule has 0 saturated carbocycles. The summed E-state index contributed by atoms with van der Waals surface area (Å²) in [7, 11) is 0. The van der Waals surface area contributed by atoms with Crippen molar-refractivity contribution in [3.8, 4) is 11.5 Å². The summed E-state index contributed by atoms with van der Waals surface area (Å²) >= 11 is 0. The van der Waals surface area contributed by atoms with Crippen molar-refractivity contribution in [2.24, 2.45) is 0 Å². The highest BCUT2D eigenvalue weighted by Gasteiger charge is 2.14. The molecule has 5 nitrogen and oxygen atoms in total. The molecule has 0 heterocycles. The third-order valence-electron chi connectivity index (χ3n) is 3.89. The van der Waals surface area contributed by atoms with E-state index in [1.807, 2.05) is 19.9 Å². The second kappa shape index (κ2) is 12.5. The molecular weight excluding hydrogens is 330 g/mol. The molecule has 0 radical (unpaired) electrons. The molecule has 0 spiro atoms. The monoisotopic (exact) mass is 363 g/mol. The minimum Gasteiger partial charge on any atom is -0.423 e. The van der Waals surface area contributed by atoms with Crippen LogP contribution in [0.2, 0.25) is 0 Å². The van der Waals surface area contributed by atoms with Crippen molar-refractivity contribution >= 4 is 11.9 Å². The predicted octanol–water partition coefficient (Wildman–Crippen LogP) is 4.42. The van der Waals surface area contributed by atoms with Gasteiger partial charge in [0.15, 0.2) is 11.5 Å². The number of hydrogen-bond acceptors (Lipinski definition) is 5. The number of ether oxygens (including phenoxy) is 2. The first-order valence-electron chi connectivity index (χ1n) is 9.73. The quantitative estimate of drug-likeness (QED) is 0.440. The summed E-state index contributed by atoms with van der Waals surface area (Å²) in [5.41, 5.74) is 1.03. The number of hydrogen-bond donors (Lipinski definition) is 1. The molecule has 146 valence electrons. The van der Waals surface area contributed by atoms with Gasteiger partial charge in [-0.05, 0) is 43.5 Å². The third kappa shape index (κ3) is 8.99. The molecule has 0 atom stereocenters. The van der Waals surface area contributed by atoms with E-state index in [1.54, 1.807) is 12.1 Å². The Morgan fingerprint density at radius 2 is 1.54 bits per heavy atom. The van der Waals surface area contributed by atoms with E-state index in [9.17, 15) is 9.59 Å². The van der Waals surface area contributed by atoms with Crippen LogP contribution in [0.3, 0.4) is 0 Å². The number of carbonyl (C=O) groups excluding carboxylic acids is 2. The third-order valence-corrected chi connectivity index (χ3v) is 3.89. The molecule has 0 aliphatic heterocycles. The van der Waals surface area contributed by atoms with E-state index in [-0.39, 0.29) is 11.9 Å². The SMILES string of the molecule is CCCCC(=O)Oc1ccc(CCNC(C)C)cc1OC(=O)CCCC. The minimum absolute atomic E-state index is 0.296. The number of rotatable bonds is 12. The summed E-state index contributed by atoms with van der Waals surface area (Å²) in [6, 6.07) is 5.85. The van der Waals surface area contributed by atoms with Gasteiger partial charge in [-0.1, -0.05) is 46.6 Å². The lowest BCUT2D eigenvalue weighted by Crippen LogP contribution is -2.25. The van der Waals surface area contributed by atoms with Crippen LogP contribution in [-0.2, 0) is 16.0 Å². The Balaban J connectivity index is 2.84. The van der Waals surface area contributed by atoms with Gasteiger partial charge >= 0.3 is 11.9 Å². The lowest BCUT2D eigenvalue weighted by Gasteiger charge is -2.13. The van der Waals surface area contributed by atoms with Crippen molar-refractivity contribution in [1.82, 2.24) is 5.32 Å². The number of nitrogens with one attached hydrogen (secondary N) is 1. The first kappa shape index (κ1) is 22.2. The van der Waals surface area contributed by atoms with E-state index in [0.29, 0.717) is 30.4 Å². The number of carbonyl (C=O) groups is 2. The molecule has 1 aromatic carbocycles. The van der Waals surface area contributed by atoms with Crippen molar-refractivity contribution in [2.75, 3.05) is 6.54 Å². The molecule has 1 aromatic rings. The van der Waals surface area contributed by atoms with Gasteiger partial charge in [0, 0.05) is 18.9 Å². The molecule has 1 N–H and O–H groups in total. The molecule has 0 aliphatic carbocycles. The Morgan fingerprint density at radius 3 is 2.08 bits per heavy atom. The molecule has 0 amide bonds. The van der Waals surface area contributed by atoms with E-state index in [4.69, 9.17) is 9.47 Å². The topological polar surface area (TPSA) is 64.6 Å². The van der Waals surface area contributed by atoms with Crippen LogP contribution in [0.15, 0.2) is 18.2 Å². The Labute approximate surface area is 157 Å². The largest absolute Gasteiger partial charge is 0.423 e. The molecule has 0 saturated heterocycles. The van der Waals surface area contributed by atoms with Crippen molar-refractivity contribution in [1.29, 1.82) is 0 Å². The number of esters is 2. The predicted molar refractivity (Wildman–Crippen MR) is 104 cm³/mol. The second-order valence-corrected chi connectivity index (χ2v) is 6.80. The Bertz CT molecular complexity index is 569. The first-order chi connectivity index (χ1) is 12.5. The van der Waals surface area contributed by atoms with E-state index in [1.165, 1.54) is 0 Å². The smallest absolute Gasteiger partial charge is 0.311 e. The van der Waals surface area contributed by atoms with Crippen LogP contribution in [0, 0.1) is 0 Å². The fourth-order valence-corrected chi connectivity index (χ4v) is 2.37. The Kier molecular flexibility index (Phi) is 10.6. The van der Waals surface area contributed by atoms with Gasteiger partial charge in [0.25, 0.3) is 0 Å². The summed E-state index contributed by atoms with van der Waals surface area (Å²) in [5, 5.41) is 3.36. The average molecular weight is 363 g/mol. The van der Waals surface area contributed by atoms with Crippen molar-refractivity contribution < 1.29 is 19.1 Å². The van der Waals surface area contributed by atoms with Crippen LogP contribution in [0.4, 0.5) is 0 Å². The zero-order valence-corrected chi connectivity index (χ0v) is 16.6. The fourth-order valence-electron chi connectivity index (χ4n) is 2.37. The molecule has 1 rings (SSSR count). The van der Waals surface area contributed by atoms with Crippen molar-refractivity contribution in [2.45, 2.75) is 78.7 Å². The summed E-state index contributed by atoms with van der Waals surface area (Å²) in [6.45, 7) is 9.07. The second-order valence-electron chi connectivity index (χ2n) is 6.80. The van der Waals surface area contributed by atoms with E-state index in [2.05, 4.69) is 19.2 Å². The summed E-state index contributed by atoms with van der Waals surface area (Å²) < 4.78 is 10.9. The fraction of sp³-hybridized carbons (Fsp3) is 0.619. The van der Waals surface area contributed by atoms with Crippen LogP contribution in [-0.4, -0.2) is 24.5 Å². The molecule has 0 aromatic heterocycles. The molecule has 26 heavy (non-hydrogen) atoms. The van der Waals surface area contributed by atoms with Gasteiger partial charge in [0.2, 0.25) is 0 Å². The first-order valence-corrected chi connectivity index (χ1v) is 9.73. The number of unbranched alkanes of at least 4 members (excludes halogenated alkanes) is 2. The summed E-state index contributed by atoms with van der Waals surface area (Å²) in [6.07, 6.45) is 4.94. The van der Waals surface area contributed by atoms with Crippen LogP contribution in [0.5, 0.6) is 11.5 Å². The summed E-state index contributed by atoms with van der Waals surface area (Å²) in [5.74, 6) is 0.0524. The standard InChI is InChI=1S/C21H33NO4/c1-5-7-9-20(23)25-18-12-11-17(13-14-22-16(3)4)15-19(18)26-21(24)10-8-6-2/h11-12,15-16,22H,5-10,13-14H2,1-4H3. The van der Waals surface area contributed by atoms with Crippen molar-refractivity contribution in [3.63, 3.8) is 0 Å². The van der Waals surface area contributed by atoms with Crippen molar-refractivity contribution in [3.05, 3.63) is 23.8 Å². The maximum absolute atomic E-state index is 12.0. The van der Waals surface area contributed by atoms with Gasteiger partial charge in [0.1, 0.15) is 0 Å². The van der Waals surface area contributed by atoms with Gasteiger partial charge < -0.3 is 14.8 Å². The molecular formula is C21H33NO4. The Hall–Kier alpha value is -1.88. The van der Waals surface area contributed by atoms with E-state index >= 15 is 0 Å². The van der Waals surface area contributed by atoms with E-state index in [0.717, 1.165) is 44.2 Å². The maximum atomic E-state index is 12.0. The Morgan fingerprint density at radius 1 is 0.962 bits per heavy atom. The molecule has 0 unspecified atom stereocenters. The zero-order valence-electron chi connectivity index (χ0n) is 16.6. The van der Waals surface area contributed by atoms with Crippen LogP contribution in [0.1, 0.15) is 71.8 Å². The maximum Gasteiger partial charge on any atom is 0.311 e. The zero-order chi connectivity index (χ0) is 19.4. The lowest BCUT2D eigenvalue weighted by atomic mass is 10.1. The van der Waals surface area contributed by atoms with Gasteiger partial charge in [-0.2, -0.15) is 0 Å². The van der Waals surface area contributed by atoms with Crippen LogP contribution < -0.4 is 14.8 Å². The highest BCUT2D eigenvalue weighted by Crippen LogP contribution is 2.30. The molecule has 0 bridgehead atoms. The van der Waals surface area contributed by atoms with Gasteiger partial charge in [0.05, 0.1) is 0 Å².